The second-order valence-electron chi connectivity index (χ2n) is 6.80. The first-order valence-electron chi connectivity index (χ1n) is 7.94. The first-order chi connectivity index (χ1) is 10.3. The summed E-state index contributed by atoms with van der Waals surface area (Å²) in [5.41, 5.74) is 0.734. The Hall–Kier alpha value is -1.36. The fourth-order valence-electron chi connectivity index (χ4n) is 2.94. The maximum Gasteiger partial charge on any atom is 0.252 e. The summed E-state index contributed by atoms with van der Waals surface area (Å²) in [6.07, 6.45) is 0. The van der Waals surface area contributed by atoms with Crippen molar-refractivity contribution in [3.63, 3.8) is 0 Å². The summed E-state index contributed by atoms with van der Waals surface area (Å²) >= 11 is 1.63. The van der Waals surface area contributed by atoms with E-state index in [0.717, 1.165) is 12.1 Å². The van der Waals surface area contributed by atoms with Crippen LogP contribution in [0, 0.1) is 11.8 Å². The normalized spacial score (nSPS) is 21.7. The predicted octanol–water partition coefficient (Wildman–Crippen LogP) is 3.10. The number of nitrogens with one attached hydrogen (secondary N) is 1. The maximum absolute atomic E-state index is 12.5. The van der Waals surface area contributed by atoms with Crippen LogP contribution >= 0.6 is 11.3 Å². The van der Waals surface area contributed by atoms with Crippen molar-refractivity contribution >= 4 is 23.2 Å². The van der Waals surface area contributed by atoms with Crippen LogP contribution in [0.15, 0.2) is 11.4 Å². The van der Waals surface area contributed by atoms with E-state index in [0.29, 0.717) is 24.3 Å². The molecule has 22 heavy (non-hydrogen) atoms. The molecule has 0 spiro atoms. The van der Waals surface area contributed by atoms with Gasteiger partial charge in [-0.3, -0.25) is 9.59 Å². The number of carbonyl (C=O) groups is 2. The Balaban J connectivity index is 2.06. The maximum atomic E-state index is 12.5. The summed E-state index contributed by atoms with van der Waals surface area (Å²) in [7, 11) is 0. The summed E-state index contributed by atoms with van der Waals surface area (Å²) in [5, 5.41) is 5.06. The fraction of sp³-hybridized carbons (Fsp3) is 0.647. The van der Waals surface area contributed by atoms with Gasteiger partial charge in [0.25, 0.3) is 5.91 Å². The molecule has 0 aromatic carbocycles. The third kappa shape index (κ3) is 3.69. The smallest absolute Gasteiger partial charge is 0.252 e. The zero-order valence-electron chi connectivity index (χ0n) is 14.1. The molecule has 2 rings (SSSR count). The van der Waals surface area contributed by atoms with Gasteiger partial charge in [0.05, 0.1) is 11.6 Å². The van der Waals surface area contributed by atoms with E-state index < -0.39 is 0 Å². The molecule has 122 valence electrons. The number of thiophene rings is 1. The van der Waals surface area contributed by atoms with Gasteiger partial charge in [0.15, 0.2) is 0 Å². The Labute approximate surface area is 136 Å². The van der Waals surface area contributed by atoms with Gasteiger partial charge in [0.1, 0.15) is 0 Å². The fourth-order valence-corrected chi connectivity index (χ4v) is 3.85. The van der Waals surface area contributed by atoms with Crippen LogP contribution in [-0.4, -0.2) is 35.8 Å². The largest absolute Gasteiger partial charge is 0.347 e. The van der Waals surface area contributed by atoms with E-state index >= 15 is 0 Å². The van der Waals surface area contributed by atoms with E-state index in [9.17, 15) is 9.59 Å². The number of amides is 2. The zero-order chi connectivity index (χ0) is 16.4. The lowest BCUT2D eigenvalue weighted by molar-refractivity contribution is -0.128. The van der Waals surface area contributed by atoms with Crippen LogP contribution in [0.25, 0.3) is 0 Å². The van der Waals surface area contributed by atoms with Gasteiger partial charge in [0.2, 0.25) is 5.91 Å². The first kappa shape index (κ1) is 17.0. The molecule has 1 N–H and O–H groups in total. The monoisotopic (exact) mass is 322 g/mol. The minimum absolute atomic E-state index is 0.0239. The van der Waals surface area contributed by atoms with Crippen LogP contribution in [0.2, 0.25) is 0 Å². The van der Waals surface area contributed by atoms with Crippen molar-refractivity contribution in [2.75, 3.05) is 13.1 Å². The van der Waals surface area contributed by atoms with E-state index in [1.807, 2.05) is 16.3 Å². The van der Waals surface area contributed by atoms with Gasteiger partial charge in [-0.1, -0.05) is 27.7 Å². The summed E-state index contributed by atoms with van der Waals surface area (Å²) in [5.74, 6) is 1.25. The quantitative estimate of drug-likeness (QED) is 0.926. The number of hydrogen-bond acceptors (Lipinski definition) is 3. The molecule has 4 nitrogen and oxygen atoms in total. The Kier molecular flexibility index (Phi) is 5.27. The molecule has 0 saturated carbocycles. The highest BCUT2D eigenvalue weighted by Gasteiger charge is 2.36. The highest BCUT2D eigenvalue weighted by atomic mass is 32.1. The van der Waals surface area contributed by atoms with E-state index in [1.165, 1.54) is 4.88 Å². The molecular formula is C17H26N2O2S. The molecule has 1 fully saturated rings. The molecule has 5 heteroatoms. The van der Waals surface area contributed by atoms with E-state index in [2.05, 4.69) is 33.0 Å². The van der Waals surface area contributed by atoms with E-state index in [4.69, 9.17) is 0 Å². The number of carbonyl (C=O) groups excluding carboxylic acids is 2. The van der Waals surface area contributed by atoms with Crippen molar-refractivity contribution in [3.05, 3.63) is 21.9 Å². The van der Waals surface area contributed by atoms with Crippen LogP contribution in [0.5, 0.6) is 0 Å². The molecule has 0 bridgehead atoms. The van der Waals surface area contributed by atoms with Crippen molar-refractivity contribution in [2.45, 2.75) is 46.6 Å². The Bertz CT molecular complexity index is 551. The highest BCUT2D eigenvalue weighted by molar-refractivity contribution is 7.10. The minimum atomic E-state index is -0.0239. The molecular weight excluding hydrogens is 296 g/mol. The Morgan fingerprint density at radius 2 is 1.95 bits per heavy atom. The van der Waals surface area contributed by atoms with Crippen molar-refractivity contribution in [2.24, 2.45) is 11.8 Å². The summed E-state index contributed by atoms with van der Waals surface area (Å²) in [6, 6.07) is 2.02. The Morgan fingerprint density at radius 1 is 1.27 bits per heavy atom. The molecule has 1 aromatic rings. The van der Waals surface area contributed by atoms with Crippen LogP contribution in [0.4, 0.5) is 0 Å². The van der Waals surface area contributed by atoms with Crippen LogP contribution in [-0.2, 0) is 4.79 Å². The van der Waals surface area contributed by atoms with E-state index in [-0.39, 0.29) is 17.9 Å². The van der Waals surface area contributed by atoms with Crippen molar-refractivity contribution in [1.29, 1.82) is 0 Å². The lowest BCUT2D eigenvalue weighted by Gasteiger charge is -2.22. The summed E-state index contributed by atoms with van der Waals surface area (Å²) in [4.78, 5) is 27.1. The lowest BCUT2D eigenvalue weighted by atomic mass is 9.91. The van der Waals surface area contributed by atoms with Gasteiger partial charge in [-0.05, 0) is 17.9 Å². The van der Waals surface area contributed by atoms with Crippen molar-refractivity contribution in [1.82, 2.24) is 10.2 Å². The SMILES string of the molecule is CC(=O)N1C[C@H](NC(=O)c2csc(C(C)C)c2)[C@@H](C(C)C)C1. The molecule has 0 unspecified atom stereocenters. The van der Waals surface area contributed by atoms with Gasteiger partial charge in [-0.15, -0.1) is 11.3 Å². The second kappa shape index (κ2) is 6.82. The molecule has 1 aliphatic heterocycles. The highest BCUT2D eigenvalue weighted by Crippen LogP contribution is 2.26. The number of likely N-dealkylation sites (tertiary alicyclic amines) is 1. The van der Waals surface area contributed by atoms with Crippen LogP contribution < -0.4 is 5.32 Å². The molecule has 2 amide bonds. The molecule has 2 heterocycles. The first-order valence-corrected chi connectivity index (χ1v) is 8.82. The van der Waals surface area contributed by atoms with Gasteiger partial charge >= 0.3 is 0 Å². The molecule has 0 radical (unpaired) electrons. The third-order valence-corrected chi connectivity index (χ3v) is 5.67. The van der Waals surface area contributed by atoms with Crippen molar-refractivity contribution < 1.29 is 9.59 Å². The zero-order valence-corrected chi connectivity index (χ0v) is 14.9. The van der Waals surface area contributed by atoms with Gasteiger partial charge in [-0.2, -0.15) is 0 Å². The van der Waals surface area contributed by atoms with Crippen LogP contribution in [0.3, 0.4) is 0 Å². The molecule has 0 aliphatic carbocycles. The Morgan fingerprint density at radius 3 is 2.45 bits per heavy atom. The third-order valence-electron chi connectivity index (χ3n) is 4.43. The topological polar surface area (TPSA) is 49.4 Å². The average molecular weight is 322 g/mol. The second-order valence-corrected chi connectivity index (χ2v) is 7.75. The molecule has 1 saturated heterocycles. The summed E-state index contributed by atoms with van der Waals surface area (Å²) in [6.45, 7) is 11.5. The van der Waals surface area contributed by atoms with Crippen molar-refractivity contribution in [3.8, 4) is 0 Å². The van der Waals surface area contributed by atoms with Gasteiger partial charge in [-0.25, -0.2) is 0 Å². The van der Waals surface area contributed by atoms with Gasteiger partial charge < -0.3 is 10.2 Å². The molecule has 2 atom stereocenters. The number of hydrogen-bond donors (Lipinski definition) is 1. The van der Waals surface area contributed by atoms with Crippen LogP contribution in [0.1, 0.15) is 55.8 Å². The minimum Gasteiger partial charge on any atom is -0.347 e. The number of rotatable bonds is 4. The average Bonchev–Trinajstić information content (AvgIpc) is 3.04. The molecule has 1 aliphatic rings. The summed E-state index contributed by atoms with van der Waals surface area (Å²) < 4.78 is 0. The van der Waals surface area contributed by atoms with E-state index in [1.54, 1.807) is 18.3 Å². The number of nitrogens with zero attached hydrogens (tertiary/aromatic N) is 1. The molecule has 1 aromatic heterocycles. The predicted molar refractivity (Wildman–Crippen MR) is 90.2 cm³/mol. The standard InChI is InChI=1S/C17H26N2O2S/c1-10(2)14-7-19(12(5)20)8-15(14)18-17(21)13-6-16(11(3)4)22-9-13/h6,9-11,14-15H,7-8H2,1-5H3,(H,18,21)/t14-,15+/m1/s1. The van der Waals surface area contributed by atoms with Gasteiger partial charge in [0, 0.05) is 36.2 Å². The lowest BCUT2D eigenvalue weighted by Crippen LogP contribution is -2.42.